The van der Waals surface area contributed by atoms with Crippen LogP contribution in [0.3, 0.4) is 0 Å². The largest absolute Gasteiger partial charge is 0.496 e. The van der Waals surface area contributed by atoms with E-state index in [0.717, 1.165) is 55.4 Å². The number of benzene rings is 1. The summed E-state index contributed by atoms with van der Waals surface area (Å²) in [6.45, 7) is 8.53. The number of esters is 1. The molecule has 0 unspecified atom stereocenters. The van der Waals surface area contributed by atoms with E-state index >= 15 is 0 Å². The number of unbranched alkanes of at least 4 members (excludes halogenated alkanes) is 2. The zero-order valence-electron chi connectivity index (χ0n) is 19.3. The molecular formula is C25H38O4. The highest BCUT2D eigenvalue weighted by molar-refractivity contribution is 5.95. The lowest BCUT2D eigenvalue weighted by atomic mass is 9.94. The smallest absolute Gasteiger partial charge is 0.341 e. The van der Waals surface area contributed by atoms with E-state index in [2.05, 4.69) is 39.8 Å². The maximum Gasteiger partial charge on any atom is 0.341 e. The molecule has 1 rings (SSSR count). The zero-order chi connectivity index (χ0) is 21.8. The minimum absolute atomic E-state index is 0.360. The predicted molar refractivity (Wildman–Crippen MR) is 120 cm³/mol. The molecule has 0 saturated heterocycles. The third-order valence-electron chi connectivity index (χ3n) is 5.03. The van der Waals surface area contributed by atoms with Crippen molar-refractivity contribution in [2.45, 2.75) is 72.6 Å². The number of carbonyl (C=O) groups excluding carboxylic acids is 1. The highest BCUT2D eigenvalue weighted by Crippen LogP contribution is 2.37. The van der Waals surface area contributed by atoms with E-state index in [9.17, 15) is 4.79 Å². The van der Waals surface area contributed by atoms with E-state index in [0.29, 0.717) is 17.7 Å². The van der Waals surface area contributed by atoms with Crippen LogP contribution in [0, 0.1) is 0 Å². The molecule has 0 aliphatic rings. The Bertz CT molecular complexity index is 725. The van der Waals surface area contributed by atoms with Crippen LogP contribution in [0.4, 0.5) is 0 Å². The fourth-order valence-corrected chi connectivity index (χ4v) is 3.38. The summed E-state index contributed by atoms with van der Waals surface area (Å²) in [6.07, 6.45) is 11.2. The van der Waals surface area contributed by atoms with Crippen molar-refractivity contribution in [2.24, 2.45) is 0 Å². The van der Waals surface area contributed by atoms with Crippen LogP contribution in [0.5, 0.6) is 11.5 Å². The van der Waals surface area contributed by atoms with Crippen molar-refractivity contribution in [3.8, 4) is 11.5 Å². The molecule has 0 aliphatic carbocycles. The van der Waals surface area contributed by atoms with Crippen LogP contribution in [-0.4, -0.2) is 27.3 Å². The lowest BCUT2D eigenvalue weighted by Crippen LogP contribution is -2.11. The van der Waals surface area contributed by atoms with Crippen molar-refractivity contribution in [3.63, 3.8) is 0 Å². The molecule has 0 atom stereocenters. The maximum atomic E-state index is 12.6. The quantitative estimate of drug-likeness (QED) is 0.229. The first-order valence-corrected chi connectivity index (χ1v) is 10.5. The summed E-state index contributed by atoms with van der Waals surface area (Å²) in [5.74, 6) is 0.965. The molecule has 0 aromatic heterocycles. The van der Waals surface area contributed by atoms with Gasteiger partial charge in [-0.2, -0.15) is 0 Å². The monoisotopic (exact) mass is 402 g/mol. The number of hydrogen-bond donors (Lipinski definition) is 0. The molecule has 0 heterocycles. The van der Waals surface area contributed by atoms with Crippen LogP contribution < -0.4 is 9.47 Å². The van der Waals surface area contributed by atoms with Gasteiger partial charge in [0.2, 0.25) is 0 Å². The van der Waals surface area contributed by atoms with Gasteiger partial charge in [0.1, 0.15) is 17.1 Å². The summed E-state index contributed by atoms with van der Waals surface area (Å²) in [5.41, 5.74) is 4.97. The van der Waals surface area contributed by atoms with Gasteiger partial charge in [-0.3, -0.25) is 0 Å². The van der Waals surface area contributed by atoms with E-state index < -0.39 is 0 Å². The number of allylic oxidation sites excluding steroid dienone is 4. The highest BCUT2D eigenvalue weighted by Gasteiger charge is 2.24. The normalized spacial score (nSPS) is 11.2. The Balaban J connectivity index is 3.30. The van der Waals surface area contributed by atoms with Crippen LogP contribution in [0.25, 0.3) is 0 Å². The lowest BCUT2D eigenvalue weighted by Gasteiger charge is -2.19. The number of ether oxygens (including phenoxy) is 3. The summed E-state index contributed by atoms with van der Waals surface area (Å²) in [5, 5.41) is 0. The number of rotatable bonds is 12. The van der Waals surface area contributed by atoms with Gasteiger partial charge in [-0.25, -0.2) is 4.79 Å². The third kappa shape index (κ3) is 7.60. The molecule has 29 heavy (non-hydrogen) atoms. The van der Waals surface area contributed by atoms with Crippen LogP contribution in [0.2, 0.25) is 0 Å². The van der Waals surface area contributed by atoms with Crippen molar-refractivity contribution in [1.29, 1.82) is 0 Å². The van der Waals surface area contributed by atoms with E-state index in [1.807, 2.05) is 6.07 Å². The molecule has 0 fully saturated rings. The molecule has 4 nitrogen and oxygen atoms in total. The molecule has 0 spiro atoms. The standard InChI is InChI=1S/C25H38O4/c1-8-9-10-14-20-17-22(27-5)21(24(28-6)23(20)25(26)29-7)16-15-19(4)13-11-12-18(2)3/h12,15,17H,8-11,13-14,16H2,1-7H3/b19-15-. The van der Waals surface area contributed by atoms with Crippen molar-refractivity contribution in [3.05, 3.63) is 46.1 Å². The van der Waals surface area contributed by atoms with Gasteiger partial charge in [-0.15, -0.1) is 0 Å². The SMILES string of the molecule is CCCCCc1cc(OC)c(C/C=C(/C)CCC=C(C)C)c(OC)c1C(=O)OC. The number of carbonyl (C=O) groups is 1. The van der Waals surface area contributed by atoms with Crippen LogP contribution in [-0.2, 0) is 17.6 Å². The Kier molecular flexibility index (Phi) is 11.2. The zero-order valence-corrected chi connectivity index (χ0v) is 19.3. The summed E-state index contributed by atoms with van der Waals surface area (Å²) in [4.78, 5) is 12.6. The molecule has 0 aliphatic heterocycles. The molecule has 0 saturated carbocycles. The van der Waals surface area contributed by atoms with Crippen LogP contribution >= 0.6 is 0 Å². The first kappa shape index (κ1) is 24.8. The molecular weight excluding hydrogens is 364 g/mol. The van der Waals surface area contributed by atoms with Crippen molar-refractivity contribution < 1.29 is 19.0 Å². The van der Waals surface area contributed by atoms with Gasteiger partial charge in [0.05, 0.1) is 21.3 Å². The van der Waals surface area contributed by atoms with Gasteiger partial charge in [0.15, 0.2) is 0 Å². The number of hydrogen-bond acceptors (Lipinski definition) is 4. The Labute approximate surface area is 176 Å². The molecule has 1 aromatic carbocycles. The number of aryl methyl sites for hydroxylation is 1. The van der Waals surface area contributed by atoms with Crippen molar-refractivity contribution in [1.82, 2.24) is 0 Å². The Morgan fingerprint density at radius 3 is 2.31 bits per heavy atom. The van der Waals surface area contributed by atoms with Crippen molar-refractivity contribution in [2.75, 3.05) is 21.3 Å². The van der Waals surface area contributed by atoms with E-state index in [-0.39, 0.29) is 5.97 Å². The first-order valence-electron chi connectivity index (χ1n) is 10.5. The summed E-state index contributed by atoms with van der Waals surface area (Å²) < 4.78 is 16.5. The van der Waals surface area contributed by atoms with Crippen molar-refractivity contribution >= 4 is 5.97 Å². The fourth-order valence-electron chi connectivity index (χ4n) is 3.38. The minimum Gasteiger partial charge on any atom is -0.496 e. The van der Waals surface area contributed by atoms with Gasteiger partial charge >= 0.3 is 5.97 Å². The molecule has 0 amide bonds. The third-order valence-corrected chi connectivity index (χ3v) is 5.03. The predicted octanol–water partition coefficient (Wildman–Crippen LogP) is 6.46. The Morgan fingerprint density at radius 1 is 1.03 bits per heavy atom. The summed E-state index contributed by atoms with van der Waals surface area (Å²) in [7, 11) is 4.68. The first-order chi connectivity index (χ1) is 13.9. The lowest BCUT2D eigenvalue weighted by molar-refractivity contribution is 0.0595. The molecule has 0 radical (unpaired) electrons. The molecule has 0 N–H and O–H groups in total. The topological polar surface area (TPSA) is 44.8 Å². The van der Waals surface area contributed by atoms with Crippen LogP contribution in [0.15, 0.2) is 29.4 Å². The second-order valence-corrected chi connectivity index (χ2v) is 7.65. The molecule has 4 heteroatoms. The second-order valence-electron chi connectivity index (χ2n) is 7.65. The molecule has 0 bridgehead atoms. The molecule has 1 aromatic rings. The van der Waals surface area contributed by atoms with Gasteiger partial charge in [-0.05, 0) is 64.5 Å². The summed E-state index contributed by atoms with van der Waals surface area (Å²) in [6, 6.07) is 1.98. The van der Waals surface area contributed by atoms with Gasteiger partial charge in [0, 0.05) is 5.56 Å². The average molecular weight is 403 g/mol. The Hall–Kier alpha value is -2.23. The van der Waals surface area contributed by atoms with E-state index in [4.69, 9.17) is 14.2 Å². The van der Waals surface area contributed by atoms with Crippen LogP contribution in [0.1, 0.15) is 81.3 Å². The minimum atomic E-state index is -0.360. The van der Waals surface area contributed by atoms with Gasteiger partial charge in [0.25, 0.3) is 0 Å². The average Bonchev–Trinajstić information content (AvgIpc) is 2.70. The van der Waals surface area contributed by atoms with Gasteiger partial charge < -0.3 is 14.2 Å². The Morgan fingerprint density at radius 2 is 1.76 bits per heavy atom. The highest BCUT2D eigenvalue weighted by atomic mass is 16.5. The number of methoxy groups -OCH3 is 3. The molecule has 162 valence electrons. The van der Waals surface area contributed by atoms with E-state index in [1.54, 1.807) is 14.2 Å². The van der Waals surface area contributed by atoms with Gasteiger partial charge in [-0.1, -0.05) is 43.1 Å². The fraction of sp³-hybridized carbons (Fsp3) is 0.560. The maximum absolute atomic E-state index is 12.6. The summed E-state index contributed by atoms with van der Waals surface area (Å²) >= 11 is 0. The van der Waals surface area contributed by atoms with E-state index in [1.165, 1.54) is 18.3 Å². The second kappa shape index (κ2) is 13.1.